The van der Waals surface area contributed by atoms with E-state index in [4.69, 9.17) is 9.31 Å². The number of carbonyl (C=O) groups excluding carboxylic acids is 1. The molecule has 20 heavy (non-hydrogen) atoms. The van der Waals surface area contributed by atoms with E-state index in [1.54, 1.807) is 6.07 Å². The van der Waals surface area contributed by atoms with E-state index in [1.165, 1.54) is 12.1 Å². The highest BCUT2D eigenvalue weighted by atomic mass is 16.7. The van der Waals surface area contributed by atoms with Gasteiger partial charge in [-0.3, -0.25) is 4.79 Å². The number of carbonyl (C=O) groups is 2. The highest BCUT2D eigenvalue weighted by molar-refractivity contribution is 6.65. The van der Waals surface area contributed by atoms with Gasteiger partial charge in [0.15, 0.2) is 0 Å². The molecule has 1 aliphatic rings. The number of carboxylic acid groups (broad SMARTS) is 1. The van der Waals surface area contributed by atoms with Gasteiger partial charge in [-0.05, 0) is 33.8 Å². The lowest BCUT2D eigenvalue weighted by Crippen LogP contribution is -2.41. The van der Waals surface area contributed by atoms with Crippen LogP contribution < -0.4 is 5.46 Å². The maximum atomic E-state index is 11.3. The Kier molecular flexibility index (Phi) is 3.48. The summed E-state index contributed by atoms with van der Waals surface area (Å²) in [6.45, 7) is 7.49. The topological polar surface area (TPSA) is 72.8 Å². The number of carboxylic acids is 1. The summed E-state index contributed by atoms with van der Waals surface area (Å²) in [4.78, 5) is 22.5. The highest BCUT2D eigenvalue weighted by Gasteiger charge is 2.53. The van der Waals surface area contributed by atoms with Crippen LogP contribution in [-0.2, 0) is 9.31 Å². The van der Waals surface area contributed by atoms with Gasteiger partial charge in [-0.1, -0.05) is 12.1 Å². The van der Waals surface area contributed by atoms with Gasteiger partial charge in [0.25, 0.3) is 0 Å². The minimum Gasteiger partial charge on any atom is -0.478 e. The highest BCUT2D eigenvalue weighted by Crippen LogP contribution is 2.36. The lowest BCUT2D eigenvalue weighted by molar-refractivity contribution is 0.00578. The average Bonchev–Trinajstić information content (AvgIpc) is 2.57. The number of aldehydes is 1. The lowest BCUT2D eigenvalue weighted by Gasteiger charge is -2.32. The second-order valence-electron chi connectivity index (χ2n) is 5.82. The Morgan fingerprint density at radius 2 is 1.75 bits per heavy atom. The Morgan fingerprint density at radius 1 is 1.20 bits per heavy atom. The zero-order valence-corrected chi connectivity index (χ0v) is 12.0. The fourth-order valence-electron chi connectivity index (χ4n) is 2.10. The third-order valence-electron chi connectivity index (χ3n) is 3.99. The van der Waals surface area contributed by atoms with Crippen LogP contribution in [0, 0.1) is 0 Å². The van der Waals surface area contributed by atoms with Crippen LogP contribution in [0.4, 0.5) is 0 Å². The summed E-state index contributed by atoms with van der Waals surface area (Å²) in [5, 5.41) is 9.28. The van der Waals surface area contributed by atoms with Crippen molar-refractivity contribution < 1.29 is 24.0 Å². The molecule has 106 valence electrons. The molecule has 0 unspecified atom stereocenters. The number of hydrogen-bond donors (Lipinski definition) is 1. The van der Waals surface area contributed by atoms with Gasteiger partial charge in [0, 0.05) is 11.0 Å². The summed E-state index contributed by atoms with van der Waals surface area (Å²) in [6, 6.07) is 4.53. The van der Waals surface area contributed by atoms with Crippen LogP contribution >= 0.6 is 0 Å². The first-order valence-corrected chi connectivity index (χ1v) is 6.36. The SMILES string of the molecule is CC1(C)OB(c2c(C=O)cccc2C(=O)O)OC1(C)C. The first-order valence-electron chi connectivity index (χ1n) is 6.36. The Hall–Kier alpha value is -1.66. The molecule has 1 aromatic carbocycles. The van der Waals surface area contributed by atoms with Crippen molar-refractivity contribution >= 4 is 24.8 Å². The molecule has 2 rings (SSSR count). The van der Waals surface area contributed by atoms with Crippen LogP contribution in [0.1, 0.15) is 48.4 Å². The minimum atomic E-state index is -1.11. The second kappa shape index (κ2) is 4.72. The molecule has 0 radical (unpaired) electrons. The van der Waals surface area contributed by atoms with Crippen LogP contribution in [0.5, 0.6) is 0 Å². The molecule has 5 nitrogen and oxygen atoms in total. The number of hydrogen-bond acceptors (Lipinski definition) is 4. The molecule has 0 saturated carbocycles. The van der Waals surface area contributed by atoms with E-state index in [0.717, 1.165) is 0 Å². The lowest BCUT2D eigenvalue weighted by atomic mass is 9.73. The Morgan fingerprint density at radius 3 is 2.20 bits per heavy atom. The average molecular weight is 276 g/mol. The van der Waals surface area contributed by atoms with E-state index in [2.05, 4.69) is 0 Å². The largest absolute Gasteiger partial charge is 0.496 e. The first kappa shape index (κ1) is 14.7. The maximum Gasteiger partial charge on any atom is 0.496 e. The molecular formula is C14H17BO5. The van der Waals surface area contributed by atoms with Crippen molar-refractivity contribution in [3.05, 3.63) is 29.3 Å². The number of rotatable bonds is 3. The maximum absolute atomic E-state index is 11.3. The van der Waals surface area contributed by atoms with E-state index in [1.807, 2.05) is 27.7 Å². The molecule has 1 aromatic rings. The van der Waals surface area contributed by atoms with Gasteiger partial charge in [0.1, 0.15) is 6.29 Å². The van der Waals surface area contributed by atoms with Crippen LogP contribution in [0.3, 0.4) is 0 Å². The Labute approximate surface area is 118 Å². The van der Waals surface area contributed by atoms with E-state index in [-0.39, 0.29) is 16.6 Å². The quantitative estimate of drug-likeness (QED) is 0.669. The zero-order chi connectivity index (χ0) is 15.1. The van der Waals surface area contributed by atoms with Gasteiger partial charge in [0.2, 0.25) is 0 Å². The summed E-state index contributed by atoms with van der Waals surface area (Å²) >= 11 is 0. The molecule has 0 aliphatic carbocycles. The summed E-state index contributed by atoms with van der Waals surface area (Å²) in [5.74, 6) is -1.11. The Bertz CT molecular complexity index is 549. The molecule has 0 amide bonds. The van der Waals surface area contributed by atoms with Crippen LogP contribution in [-0.4, -0.2) is 35.7 Å². The first-order chi connectivity index (χ1) is 9.19. The zero-order valence-electron chi connectivity index (χ0n) is 12.0. The minimum absolute atomic E-state index is 0.0214. The van der Waals surface area contributed by atoms with E-state index in [9.17, 15) is 14.7 Å². The summed E-state index contributed by atoms with van der Waals surface area (Å²) in [6.07, 6.45) is 0.618. The van der Waals surface area contributed by atoms with Crippen molar-refractivity contribution in [2.24, 2.45) is 0 Å². The molecule has 0 aromatic heterocycles. The van der Waals surface area contributed by atoms with Gasteiger partial charge in [0.05, 0.1) is 16.8 Å². The second-order valence-corrected chi connectivity index (χ2v) is 5.82. The van der Waals surface area contributed by atoms with E-state index >= 15 is 0 Å². The van der Waals surface area contributed by atoms with E-state index in [0.29, 0.717) is 6.29 Å². The van der Waals surface area contributed by atoms with Crippen molar-refractivity contribution in [3.8, 4) is 0 Å². The van der Waals surface area contributed by atoms with Gasteiger partial charge in [-0.15, -0.1) is 0 Å². The summed E-state index contributed by atoms with van der Waals surface area (Å²) in [7, 11) is -0.868. The van der Waals surface area contributed by atoms with Gasteiger partial charge >= 0.3 is 13.1 Å². The van der Waals surface area contributed by atoms with Gasteiger partial charge < -0.3 is 14.4 Å². The van der Waals surface area contributed by atoms with Crippen LogP contribution in [0.25, 0.3) is 0 Å². The molecule has 1 saturated heterocycles. The number of aromatic carboxylic acids is 1. The summed E-state index contributed by atoms with van der Waals surface area (Å²) in [5.41, 5.74) is -0.627. The molecule has 6 heteroatoms. The Balaban J connectivity index is 2.54. The molecule has 0 atom stereocenters. The third-order valence-corrected chi connectivity index (χ3v) is 3.99. The van der Waals surface area contributed by atoms with Crippen LogP contribution in [0.2, 0.25) is 0 Å². The molecular weight excluding hydrogens is 259 g/mol. The fraction of sp³-hybridized carbons (Fsp3) is 0.429. The van der Waals surface area contributed by atoms with Crippen molar-refractivity contribution in [3.63, 3.8) is 0 Å². The molecule has 0 bridgehead atoms. The molecule has 0 spiro atoms. The summed E-state index contributed by atoms with van der Waals surface area (Å²) < 4.78 is 11.7. The molecule has 1 fully saturated rings. The molecule has 1 heterocycles. The van der Waals surface area contributed by atoms with Gasteiger partial charge in [-0.25, -0.2) is 4.79 Å². The number of benzene rings is 1. The normalized spacial score (nSPS) is 19.9. The monoisotopic (exact) mass is 276 g/mol. The van der Waals surface area contributed by atoms with Crippen LogP contribution in [0.15, 0.2) is 18.2 Å². The third kappa shape index (κ3) is 2.25. The van der Waals surface area contributed by atoms with Crippen molar-refractivity contribution in [1.29, 1.82) is 0 Å². The van der Waals surface area contributed by atoms with Gasteiger partial charge in [-0.2, -0.15) is 0 Å². The van der Waals surface area contributed by atoms with Crippen molar-refractivity contribution in [2.45, 2.75) is 38.9 Å². The fourth-order valence-corrected chi connectivity index (χ4v) is 2.10. The predicted molar refractivity (Wildman–Crippen MR) is 74.5 cm³/mol. The van der Waals surface area contributed by atoms with Crippen molar-refractivity contribution in [1.82, 2.24) is 0 Å². The molecule has 1 N–H and O–H groups in total. The standard InChI is InChI=1S/C14H17BO5/c1-13(2)14(3,4)20-15(19-13)11-9(8-16)6-5-7-10(11)12(17)18/h5-8H,1-4H3,(H,17,18). The predicted octanol–water partition coefficient (Wildman–Crippen LogP) is 1.50. The smallest absolute Gasteiger partial charge is 0.478 e. The molecule has 1 aliphatic heterocycles. The van der Waals surface area contributed by atoms with E-state index < -0.39 is 24.3 Å². The van der Waals surface area contributed by atoms with Crippen molar-refractivity contribution in [2.75, 3.05) is 0 Å².